The van der Waals surface area contributed by atoms with E-state index in [1.165, 1.54) is 57.8 Å². The van der Waals surface area contributed by atoms with Crippen LogP contribution in [-0.4, -0.2) is 23.8 Å². The van der Waals surface area contributed by atoms with Crippen LogP contribution in [0, 0.1) is 11.3 Å². The Hall–Kier alpha value is -0.530. The van der Waals surface area contributed by atoms with Gasteiger partial charge in [-0.25, -0.2) is 0 Å². The van der Waals surface area contributed by atoms with Crippen molar-refractivity contribution in [1.82, 2.24) is 4.90 Å². The zero-order valence-corrected chi connectivity index (χ0v) is 9.80. The lowest BCUT2D eigenvalue weighted by Crippen LogP contribution is -2.39. The molecular weight excluding hydrogens is 184 g/mol. The Bertz CT molecular complexity index is 199. The van der Waals surface area contributed by atoms with Crippen LogP contribution in [-0.2, 0) is 0 Å². The highest BCUT2D eigenvalue weighted by molar-refractivity contribution is 5.81. The van der Waals surface area contributed by atoms with Crippen LogP contribution in [0.5, 0.6) is 0 Å². The van der Waals surface area contributed by atoms with Crippen LogP contribution < -0.4 is 0 Å². The minimum atomic E-state index is 0.589. The average molecular weight is 208 g/mol. The first-order valence-corrected chi connectivity index (χ1v) is 6.71. The van der Waals surface area contributed by atoms with Gasteiger partial charge in [0.25, 0.3) is 0 Å². The number of piperidine rings is 1. The van der Waals surface area contributed by atoms with Crippen molar-refractivity contribution in [3.05, 3.63) is 0 Å². The van der Waals surface area contributed by atoms with Crippen molar-refractivity contribution in [2.75, 3.05) is 13.1 Å². The number of nitrogens with zero attached hydrogens (tertiary/aromatic N) is 1. The Morgan fingerprint density at radius 2 is 1.33 bits per heavy atom. The molecule has 0 aromatic heterocycles. The molecule has 0 aromatic carbocycles. The van der Waals surface area contributed by atoms with E-state index in [1.807, 2.05) is 0 Å². The zero-order valence-electron chi connectivity index (χ0n) is 9.80. The molecule has 15 heavy (non-hydrogen) atoms. The van der Waals surface area contributed by atoms with Gasteiger partial charge in [-0.2, -0.15) is 0 Å². The second-order valence-corrected chi connectivity index (χ2v) is 5.12. The minimum absolute atomic E-state index is 0.589. The smallest absolute Gasteiger partial charge is 0.0989 e. The molecule has 1 heterocycles. The van der Waals surface area contributed by atoms with Crippen LogP contribution in [0.1, 0.15) is 57.8 Å². The molecule has 0 spiro atoms. The summed E-state index contributed by atoms with van der Waals surface area (Å²) in [7, 11) is 0. The number of amidine groups is 1. The van der Waals surface area contributed by atoms with E-state index in [1.54, 1.807) is 0 Å². The average Bonchev–Trinajstić information content (AvgIpc) is 2.58. The van der Waals surface area contributed by atoms with E-state index >= 15 is 0 Å². The summed E-state index contributed by atoms with van der Waals surface area (Å²) in [5.41, 5.74) is 0. The van der Waals surface area contributed by atoms with Crippen molar-refractivity contribution >= 4 is 5.84 Å². The van der Waals surface area contributed by atoms with Gasteiger partial charge in [-0.3, -0.25) is 5.41 Å². The topological polar surface area (TPSA) is 27.1 Å². The highest BCUT2D eigenvalue weighted by Crippen LogP contribution is 2.25. The Labute approximate surface area is 93.6 Å². The molecule has 2 aliphatic rings. The molecule has 2 nitrogen and oxygen atoms in total. The third kappa shape index (κ3) is 2.96. The van der Waals surface area contributed by atoms with Gasteiger partial charge in [-0.05, 0) is 32.1 Å². The van der Waals surface area contributed by atoms with Crippen LogP contribution in [0.3, 0.4) is 0 Å². The first-order valence-electron chi connectivity index (χ1n) is 6.71. The fourth-order valence-corrected chi connectivity index (χ4v) is 2.95. The van der Waals surface area contributed by atoms with E-state index in [0.29, 0.717) is 5.92 Å². The molecule has 2 fully saturated rings. The lowest BCUT2D eigenvalue weighted by atomic mass is 9.97. The van der Waals surface area contributed by atoms with Crippen molar-refractivity contribution in [1.29, 1.82) is 5.41 Å². The van der Waals surface area contributed by atoms with Crippen molar-refractivity contribution in [2.24, 2.45) is 5.92 Å². The molecule has 0 aromatic rings. The molecule has 0 amide bonds. The maximum atomic E-state index is 8.30. The van der Waals surface area contributed by atoms with Gasteiger partial charge in [0.05, 0.1) is 5.84 Å². The normalized spacial score (nSPS) is 24.9. The highest BCUT2D eigenvalue weighted by atomic mass is 15.2. The summed E-state index contributed by atoms with van der Waals surface area (Å²) in [6.45, 7) is 2.30. The molecule has 0 radical (unpaired) electrons. The molecular formula is C13H24N2. The number of likely N-dealkylation sites (tertiary alicyclic amines) is 1. The second-order valence-electron chi connectivity index (χ2n) is 5.12. The Kier molecular flexibility index (Phi) is 4.04. The summed E-state index contributed by atoms with van der Waals surface area (Å²) >= 11 is 0. The van der Waals surface area contributed by atoms with E-state index in [-0.39, 0.29) is 0 Å². The van der Waals surface area contributed by atoms with Crippen molar-refractivity contribution < 1.29 is 0 Å². The molecule has 2 heteroatoms. The van der Waals surface area contributed by atoms with Crippen molar-refractivity contribution in [3.63, 3.8) is 0 Å². The molecule has 0 unspecified atom stereocenters. The van der Waals surface area contributed by atoms with E-state index in [0.717, 1.165) is 18.9 Å². The third-order valence-corrected chi connectivity index (χ3v) is 3.94. The molecule has 2 rings (SSSR count). The zero-order chi connectivity index (χ0) is 10.5. The van der Waals surface area contributed by atoms with Crippen LogP contribution in [0.15, 0.2) is 0 Å². The van der Waals surface area contributed by atoms with Crippen LogP contribution in [0.25, 0.3) is 0 Å². The van der Waals surface area contributed by atoms with Crippen molar-refractivity contribution in [2.45, 2.75) is 57.8 Å². The van der Waals surface area contributed by atoms with Gasteiger partial charge >= 0.3 is 0 Å². The van der Waals surface area contributed by atoms with Crippen LogP contribution in [0.4, 0.5) is 0 Å². The summed E-state index contributed by atoms with van der Waals surface area (Å²) in [6.07, 6.45) is 12.0. The largest absolute Gasteiger partial charge is 0.360 e. The van der Waals surface area contributed by atoms with E-state index in [4.69, 9.17) is 5.41 Å². The quantitative estimate of drug-likeness (QED) is 0.399. The van der Waals surface area contributed by atoms with Crippen LogP contribution in [0.2, 0.25) is 0 Å². The predicted octanol–water partition coefficient (Wildman–Crippen LogP) is 3.42. The lowest BCUT2D eigenvalue weighted by molar-refractivity contribution is 0.318. The standard InChI is InChI=1S/C13H24N2/c14-13(15-10-6-3-7-11-15)12-8-4-1-2-5-9-12/h12,14H,1-11H2. The Morgan fingerprint density at radius 1 is 0.800 bits per heavy atom. The molecule has 0 atom stereocenters. The number of hydrogen-bond donors (Lipinski definition) is 1. The summed E-state index contributed by atoms with van der Waals surface area (Å²) in [4.78, 5) is 2.35. The highest BCUT2D eigenvalue weighted by Gasteiger charge is 2.22. The van der Waals surface area contributed by atoms with Gasteiger partial charge < -0.3 is 4.90 Å². The summed E-state index contributed by atoms with van der Waals surface area (Å²) in [5.74, 6) is 1.56. The second kappa shape index (κ2) is 5.53. The number of hydrogen-bond acceptors (Lipinski definition) is 1. The fourth-order valence-electron chi connectivity index (χ4n) is 2.95. The third-order valence-electron chi connectivity index (χ3n) is 3.94. The van der Waals surface area contributed by atoms with Gasteiger partial charge in [0, 0.05) is 19.0 Å². The van der Waals surface area contributed by atoms with E-state index in [9.17, 15) is 0 Å². The Balaban J connectivity index is 1.87. The molecule has 1 N–H and O–H groups in total. The molecule has 1 aliphatic carbocycles. The lowest BCUT2D eigenvalue weighted by Gasteiger charge is -2.32. The number of nitrogens with one attached hydrogen (secondary N) is 1. The summed E-state index contributed by atoms with van der Waals surface area (Å²) in [5, 5.41) is 8.30. The van der Waals surface area contributed by atoms with E-state index < -0.39 is 0 Å². The maximum Gasteiger partial charge on any atom is 0.0989 e. The molecule has 1 saturated heterocycles. The maximum absolute atomic E-state index is 8.30. The van der Waals surface area contributed by atoms with E-state index in [2.05, 4.69) is 4.90 Å². The predicted molar refractivity (Wildman–Crippen MR) is 64.3 cm³/mol. The van der Waals surface area contributed by atoms with Gasteiger partial charge in [-0.15, -0.1) is 0 Å². The monoisotopic (exact) mass is 208 g/mol. The van der Waals surface area contributed by atoms with Gasteiger partial charge in [-0.1, -0.05) is 25.7 Å². The summed E-state index contributed by atoms with van der Waals surface area (Å²) in [6, 6.07) is 0. The minimum Gasteiger partial charge on any atom is -0.360 e. The first-order chi connectivity index (χ1) is 7.38. The summed E-state index contributed by atoms with van der Waals surface area (Å²) < 4.78 is 0. The molecule has 1 aliphatic heterocycles. The van der Waals surface area contributed by atoms with Crippen LogP contribution >= 0.6 is 0 Å². The van der Waals surface area contributed by atoms with Crippen molar-refractivity contribution in [3.8, 4) is 0 Å². The number of rotatable bonds is 1. The molecule has 1 saturated carbocycles. The first kappa shape index (κ1) is 11.0. The molecule has 0 bridgehead atoms. The molecule has 86 valence electrons. The Morgan fingerprint density at radius 3 is 1.93 bits per heavy atom. The fraction of sp³-hybridized carbons (Fsp3) is 0.923. The van der Waals surface area contributed by atoms with Gasteiger partial charge in [0.1, 0.15) is 0 Å². The van der Waals surface area contributed by atoms with Gasteiger partial charge in [0.2, 0.25) is 0 Å². The van der Waals surface area contributed by atoms with Gasteiger partial charge in [0.15, 0.2) is 0 Å². The SMILES string of the molecule is N=C(C1CCCCCC1)N1CCCCC1.